The topological polar surface area (TPSA) is 407 Å². The van der Waals surface area contributed by atoms with Gasteiger partial charge in [0.05, 0.1) is 17.5 Å². The number of carbonyl (C=O) groups is 8. The van der Waals surface area contributed by atoms with Crippen LogP contribution < -0.4 is 52.4 Å². The van der Waals surface area contributed by atoms with Gasteiger partial charge in [-0.25, -0.2) is 4.79 Å². The second-order valence-electron chi connectivity index (χ2n) is 19.3. The first-order valence-electron chi connectivity index (χ1n) is 24.4. The van der Waals surface area contributed by atoms with Crippen molar-refractivity contribution in [3.8, 4) is 57.1 Å². The van der Waals surface area contributed by atoms with Gasteiger partial charge in [0.25, 0.3) is 0 Å². The van der Waals surface area contributed by atoms with Crippen LogP contribution in [-0.2, 0) is 38.4 Å². The Morgan fingerprint density at radius 2 is 1.20 bits per heavy atom. The molecule has 7 amide bonds. The van der Waals surface area contributed by atoms with Crippen LogP contribution in [0.5, 0.6) is 46.0 Å². The molecule has 5 heterocycles. The first kappa shape index (κ1) is 57.3. The summed E-state index contributed by atoms with van der Waals surface area (Å²) in [6.07, 6.45) is -4.60. The van der Waals surface area contributed by atoms with E-state index < -0.39 is 169 Å². The zero-order valence-corrected chi connectivity index (χ0v) is 43.8. The maximum Gasteiger partial charge on any atom is 0.330 e. The number of aliphatic hydroxyl groups is 2. The van der Waals surface area contributed by atoms with E-state index in [-0.39, 0.29) is 46.1 Å². The van der Waals surface area contributed by atoms with Crippen LogP contribution in [0.15, 0.2) is 78.9 Å². The van der Waals surface area contributed by atoms with Crippen molar-refractivity contribution in [2.24, 2.45) is 11.7 Å². The maximum atomic E-state index is 15.3. The van der Waals surface area contributed by atoms with Gasteiger partial charge in [-0.3, -0.25) is 33.6 Å². The predicted molar refractivity (Wildman–Crippen MR) is 280 cm³/mol. The minimum atomic E-state index is -2.34. The summed E-state index contributed by atoms with van der Waals surface area (Å²) in [5, 5.41) is 95.5. The molecule has 420 valence electrons. The zero-order valence-electron chi connectivity index (χ0n) is 42.2. The van der Waals surface area contributed by atoms with Crippen molar-refractivity contribution in [1.82, 2.24) is 37.2 Å². The number of carbonyl (C=O) groups excluding carboxylic acids is 7. The third-order valence-corrected chi connectivity index (χ3v) is 14.1. The summed E-state index contributed by atoms with van der Waals surface area (Å²) < 4.78 is 12.2. The predicted octanol–water partition coefficient (Wildman–Crippen LogP) is 2.40. The minimum Gasteiger partial charge on any atom is -0.507 e. The average Bonchev–Trinajstić information content (AvgIpc) is 3.53. The van der Waals surface area contributed by atoms with E-state index in [9.17, 15) is 69.3 Å². The highest BCUT2D eigenvalue weighted by molar-refractivity contribution is 6.39. The number of likely N-dealkylation sites (N-methyl/N-ethyl adjacent to an activating group) is 1. The fourth-order valence-corrected chi connectivity index (χ4v) is 9.85. The van der Waals surface area contributed by atoms with E-state index in [1.165, 1.54) is 55.6 Å². The number of benzene rings is 5. The number of nitrogens with two attached hydrogens (primary N) is 1. The molecule has 0 unspecified atom stereocenters. The van der Waals surface area contributed by atoms with Gasteiger partial charge in [0.1, 0.15) is 70.4 Å². The van der Waals surface area contributed by atoms with Crippen molar-refractivity contribution in [3.05, 3.63) is 117 Å². The molecule has 16 N–H and O–H groups in total. The third-order valence-electron chi connectivity index (χ3n) is 13.4. The summed E-state index contributed by atoms with van der Waals surface area (Å²) in [4.78, 5) is 114. The highest BCUT2D eigenvalue weighted by Crippen LogP contribution is 2.53. The zero-order chi connectivity index (χ0) is 58.2. The highest BCUT2D eigenvalue weighted by atomic mass is 35.5. The van der Waals surface area contributed by atoms with Crippen molar-refractivity contribution in [2.45, 2.75) is 81.2 Å². The van der Waals surface area contributed by atoms with E-state index in [4.69, 9.17) is 38.4 Å². The average molecular weight is 1140 g/mol. The molecule has 27 heteroatoms. The molecule has 0 spiro atoms. The van der Waals surface area contributed by atoms with E-state index in [1.807, 2.05) is 13.8 Å². The number of hydrogen-bond donors (Lipinski definition) is 15. The fourth-order valence-electron chi connectivity index (χ4n) is 9.31. The molecule has 0 aliphatic carbocycles. The molecule has 80 heavy (non-hydrogen) atoms. The summed E-state index contributed by atoms with van der Waals surface area (Å²) in [5.41, 5.74) is 2.95. The number of ether oxygens (including phenoxy) is 2. The van der Waals surface area contributed by atoms with Crippen LogP contribution in [0.3, 0.4) is 0 Å². The van der Waals surface area contributed by atoms with Gasteiger partial charge in [0.15, 0.2) is 23.3 Å². The lowest BCUT2D eigenvalue weighted by molar-refractivity contribution is -0.143. The number of rotatable bonds is 8. The number of hydrogen-bond acceptors (Lipinski definition) is 17. The Kier molecular flexibility index (Phi) is 16.6. The fraction of sp³-hybridized carbons (Fsp3) is 0.283. The largest absolute Gasteiger partial charge is 0.507 e. The van der Waals surface area contributed by atoms with Gasteiger partial charge in [-0.05, 0) is 90.2 Å². The number of aliphatic carboxylic acids is 1. The first-order chi connectivity index (χ1) is 37.9. The molecular weight excluding hydrogens is 1090 g/mol. The number of phenolic OH excluding ortho intramolecular Hbond substituents is 4. The summed E-state index contributed by atoms with van der Waals surface area (Å²) >= 11 is 12.8. The highest BCUT2D eigenvalue weighted by Gasteiger charge is 2.42. The molecule has 10 rings (SSSR count). The van der Waals surface area contributed by atoms with Crippen LogP contribution in [0.1, 0.15) is 84.8 Å². The van der Waals surface area contributed by atoms with Crippen molar-refractivity contribution in [1.29, 1.82) is 0 Å². The van der Waals surface area contributed by atoms with Crippen molar-refractivity contribution in [3.63, 3.8) is 0 Å². The molecule has 25 nitrogen and oxygen atoms in total. The molecule has 0 radical (unpaired) electrons. The van der Waals surface area contributed by atoms with Crippen LogP contribution in [0.4, 0.5) is 0 Å². The van der Waals surface area contributed by atoms with Gasteiger partial charge in [-0.1, -0.05) is 67.4 Å². The number of amides is 7. The third kappa shape index (κ3) is 11.6. The molecule has 0 saturated heterocycles. The van der Waals surface area contributed by atoms with E-state index >= 15 is 4.79 Å². The molecule has 0 fully saturated rings. The van der Waals surface area contributed by atoms with E-state index in [2.05, 4.69) is 37.2 Å². The summed E-state index contributed by atoms with van der Waals surface area (Å²) in [5.74, 6) is -15.0. The Labute approximate surface area is 463 Å². The normalized spacial score (nSPS) is 22.4. The van der Waals surface area contributed by atoms with Crippen molar-refractivity contribution in [2.75, 3.05) is 7.05 Å². The van der Waals surface area contributed by atoms with Gasteiger partial charge < -0.3 is 88.2 Å². The number of nitrogens with one attached hydrogen (secondary N) is 7. The first-order valence-corrected chi connectivity index (χ1v) is 25.2. The Morgan fingerprint density at radius 3 is 1.76 bits per heavy atom. The number of aromatic hydroxyl groups is 4. The van der Waals surface area contributed by atoms with Gasteiger partial charge in [-0.15, -0.1) is 0 Å². The Bertz CT molecular complexity index is 3350. The van der Waals surface area contributed by atoms with Crippen molar-refractivity contribution >= 4 is 70.5 Å². The number of phenols is 4. The van der Waals surface area contributed by atoms with Crippen LogP contribution in [0.2, 0.25) is 10.0 Å². The second-order valence-corrected chi connectivity index (χ2v) is 20.1. The number of halogens is 2. The minimum absolute atomic E-state index is 0.0187. The number of aliphatic hydroxyl groups excluding tert-OH is 2. The number of carboxylic acids is 1. The monoisotopic (exact) mass is 1140 g/mol. The molecule has 5 aromatic carbocycles. The van der Waals surface area contributed by atoms with Crippen molar-refractivity contribution < 1.29 is 83.6 Å². The lowest BCUT2D eigenvalue weighted by Gasteiger charge is -2.31. The lowest BCUT2D eigenvalue weighted by atomic mass is 9.89. The second kappa shape index (κ2) is 23.2. The maximum absolute atomic E-state index is 15.3. The Hall–Kier alpha value is -8.88. The molecule has 0 aromatic heterocycles. The van der Waals surface area contributed by atoms with Gasteiger partial charge >= 0.3 is 5.97 Å². The Balaban J connectivity index is 1.35. The molecular formula is C53H52Cl2N8O17. The van der Waals surface area contributed by atoms with Crippen LogP contribution in [0.25, 0.3) is 11.1 Å². The van der Waals surface area contributed by atoms with Crippen LogP contribution in [0, 0.1) is 5.92 Å². The molecule has 5 aromatic rings. The van der Waals surface area contributed by atoms with E-state index in [0.717, 1.165) is 30.3 Å². The quantitative estimate of drug-likeness (QED) is 0.106. The summed E-state index contributed by atoms with van der Waals surface area (Å²) in [6, 6.07) is 2.01. The van der Waals surface area contributed by atoms with Crippen LogP contribution >= 0.6 is 23.2 Å². The molecule has 5 aliphatic rings. The number of carboxylic acid groups (broad SMARTS) is 1. The van der Waals surface area contributed by atoms with Gasteiger partial charge in [-0.2, -0.15) is 0 Å². The number of fused-ring (bicyclic) bond motifs is 15. The molecule has 9 atom stereocenters. The van der Waals surface area contributed by atoms with E-state index in [1.54, 1.807) is 0 Å². The standard InChI is InChI=1S/C53H52Cl2N8O17/c1-19(2)14-27(57-3)47(71)62-40-42(66)20-4-9-24(10-5-20)79-30-16-23-17-31(44(30)68)80-25-11-6-21(7-12-25)43(67)41-52(76)61-39(53(77)78)34-33(45(69)36(55)46(70)35(34)54)26-15-22(8-13-29(26)64)37(49(73)63-41)60-50(74)38(23)59-48(72)28(18-32(56)65)58-51(40)75/h4-13,15-17,19,27-28,37-43,57,64,66-70H,14,18H2,1-3H3,(H2,56,65)(H,58,75)(H,59,72)(H,60,74)(H,61,76)(H,62,71)(H,63,73)(H,77,78)/t27-,28+,37-,38-,39+,40-,41+,42-,43-/m1/s1. The lowest BCUT2D eigenvalue weighted by Crippen LogP contribution is -2.59. The van der Waals surface area contributed by atoms with Gasteiger partial charge in [0, 0.05) is 16.7 Å². The SMILES string of the molecule is CN[C@H](CC(C)C)C(=O)N[C@H]1C(=O)N[C@@H](CC(N)=O)C(=O)N[C@H]2C(=O)N[C@H]3C(=O)N[C@H](C(=O)N[C@H](C(=O)O)c4c(Cl)c(O)c(Cl)c(O)c4-c4cc3ccc4O)[C@H](O)c3ccc(cc3)Oc3cc2cc(c3O)Oc2ccc(cc2)[C@H]1O. The number of primary amides is 1. The molecule has 5 aliphatic heterocycles. The van der Waals surface area contributed by atoms with E-state index in [0.29, 0.717) is 0 Å². The summed E-state index contributed by atoms with van der Waals surface area (Å²) in [6.45, 7) is 3.70. The van der Waals surface area contributed by atoms with Gasteiger partial charge in [0.2, 0.25) is 47.1 Å². The smallest absolute Gasteiger partial charge is 0.330 e. The molecule has 0 saturated carbocycles. The van der Waals surface area contributed by atoms with Crippen LogP contribution in [-0.4, -0.2) is 114 Å². The molecule has 11 bridgehead atoms. The summed E-state index contributed by atoms with van der Waals surface area (Å²) in [7, 11) is 1.51. The Morgan fingerprint density at radius 1 is 0.650 bits per heavy atom.